The van der Waals surface area contributed by atoms with Crippen molar-refractivity contribution in [3.05, 3.63) is 64.2 Å². The maximum absolute atomic E-state index is 12.3. The van der Waals surface area contributed by atoms with Crippen LogP contribution in [0.2, 0.25) is 0 Å². The molecule has 26 heavy (non-hydrogen) atoms. The van der Waals surface area contributed by atoms with E-state index in [4.69, 9.17) is 0 Å². The highest BCUT2D eigenvalue weighted by molar-refractivity contribution is 5.96. The number of nitro benzene ring substituents is 1. The zero-order valence-electron chi connectivity index (χ0n) is 14.1. The molecule has 3 rings (SSSR count). The second-order valence-electron chi connectivity index (χ2n) is 5.98. The summed E-state index contributed by atoms with van der Waals surface area (Å²) in [5, 5.41) is 20.5. The Labute approximate surface area is 157 Å². The summed E-state index contributed by atoms with van der Waals surface area (Å²) in [4.78, 5) is 23.2. The van der Waals surface area contributed by atoms with Crippen LogP contribution in [0.1, 0.15) is 23.2 Å². The number of nitrogens with one attached hydrogen (secondary N) is 3. The van der Waals surface area contributed by atoms with Gasteiger partial charge < -0.3 is 16.0 Å². The molecule has 1 atom stereocenters. The van der Waals surface area contributed by atoms with Crippen LogP contribution in [0.3, 0.4) is 0 Å². The Balaban J connectivity index is 0.00000243. The average Bonchev–Trinajstić information content (AvgIpc) is 3.14. The van der Waals surface area contributed by atoms with Gasteiger partial charge in [0, 0.05) is 29.9 Å². The van der Waals surface area contributed by atoms with Gasteiger partial charge in [0.1, 0.15) is 5.69 Å². The Bertz CT molecular complexity index is 764. The van der Waals surface area contributed by atoms with E-state index >= 15 is 0 Å². The Hall–Kier alpha value is -2.64. The monoisotopic (exact) mass is 376 g/mol. The molecule has 2 aromatic carbocycles. The van der Waals surface area contributed by atoms with Crippen LogP contribution in [0.25, 0.3) is 0 Å². The molecule has 1 heterocycles. The molecule has 1 amide bonds. The van der Waals surface area contributed by atoms with E-state index in [1.807, 2.05) is 30.3 Å². The molecular weight excluding hydrogens is 356 g/mol. The molecule has 138 valence electrons. The van der Waals surface area contributed by atoms with E-state index in [0.29, 0.717) is 12.2 Å². The summed E-state index contributed by atoms with van der Waals surface area (Å²) >= 11 is 0. The number of benzene rings is 2. The third kappa shape index (κ3) is 4.93. The first-order chi connectivity index (χ1) is 12.1. The van der Waals surface area contributed by atoms with Crippen LogP contribution in [-0.2, 0) is 0 Å². The van der Waals surface area contributed by atoms with Crippen LogP contribution in [0.4, 0.5) is 17.1 Å². The number of hydrogen-bond donors (Lipinski definition) is 3. The topological polar surface area (TPSA) is 96.3 Å². The predicted octanol–water partition coefficient (Wildman–Crippen LogP) is 3.24. The number of carbonyl (C=O) groups is 1. The molecule has 8 heteroatoms. The van der Waals surface area contributed by atoms with Crippen LogP contribution < -0.4 is 16.0 Å². The summed E-state index contributed by atoms with van der Waals surface area (Å²) in [6, 6.07) is 13.9. The Kier molecular flexibility index (Phi) is 6.94. The second kappa shape index (κ2) is 9.17. The fraction of sp³-hybridized carbons (Fsp3) is 0.278. The van der Waals surface area contributed by atoms with E-state index in [2.05, 4.69) is 16.0 Å². The molecular formula is C18H21ClN4O3. The standard InChI is InChI=1S/C18H20N4O3.ClH/c23-18(20-12-15-7-4-10-19-15)13-8-9-16(17(11-13)22(24)25)21-14-5-2-1-3-6-14;/h1-3,5-6,8-9,11,15,19,21H,4,7,10,12H2,(H,20,23);1H. The van der Waals surface area contributed by atoms with Gasteiger partial charge in [-0.15, -0.1) is 12.4 Å². The molecule has 2 aromatic rings. The number of nitrogens with zero attached hydrogens (tertiary/aromatic N) is 1. The lowest BCUT2D eigenvalue weighted by Gasteiger charge is -2.12. The third-order valence-corrected chi connectivity index (χ3v) is 4.18. The van der Waals surface area contributed by atoms with Gasteiger partial charge in [-0.25, -0.2) is 0 Å². The summed E-state index contributed by atoms with van der Waals surface area (Å²) in [6.07, 6.45) is 2.13. The number of para-hydroxylation sites is 1. The number of halogens is 1. The van der Waals surface area contributed by atoms with Crippen molar-refractivity contribution in [3.63, 3.8) is 0 Å². The lowest BCUT2D eigenvalue weighted by atomic mass is 10.1. The number of anilines is 2. The highest BCUT2D eigenvalue weighted by Gasteiger charge is 2.19. The third-order valence-electron chi connectivity index (χ3n) is 4.18. The first-order valence-electron chi connectivity index (χ1n) is 8.25. The lowest BCUT2D eigenvalue weighted by molar-refractivity contribution is -0.383. The second-order valence-corrected chi connectivity index (χ2v) is 5.98. The molecule has 0 aromatic heterocycles. The van der Waals surface area contributed by atoms with Gasteiger partial charge in [-0.2, -0.15) is 0 Å². The summed E-state index contributed by atoms with van der Waals surface area (Å²) in [5.41, 5.74) is 1.25. The van der Waals surface area contributed by atoms with Crippen LogP contribution in [0, 0.1) is 10.1 Å². The molecule has 0 saturated carbocycles. The van der Waals surface area contributed by atoms with Crippen molar-refractivity contribution in [1.29, 1.82) is 0 Å². The summed E-state index contributed by atoms with van der Waals surface area (Å²) in [6.45, 7) is 1.49. The van der Waals surface area contributed by atoms with Crippen LogP contribution >= 0.6 is 12.4 Å². The minimum absolute atomic E-state index is 0. The van der Waals surface area contributed by atoms with Gasteiger partial charge in [0.2, 0.25) is 0 Å². The van der Waals surface area contributed by atoms with Crippen molar-refractivity contribution in [3.8, 4) is 0 Å². The van der Waals surface area contributed by atoms with Crippen molar-refractivity contribution in [1.82, 2.24) is 10.6 Å². The molecule has 1 saturated heterocycles. The van der Waals surface area contributed by atoms with Gasteiger partial charge in [0.15, 0.2) is 0 Å². The largest absolute Gasteiger partial charge is 0.350 e. The van der Waals surface area contributed by atoms with Gasteiger partial charge in [-0.1, -0.05) is 18.2 Å². The molecule has 3 N–H and O–H groups in total. The summed E-state index contributed by atoms with van der Waals surface area (Å²) < 4.78 is 0. The van der Waals surface area contributed by atoms with E-state index in [0.717, 1.165) is 25.1 Å². The molecule has 0 aliphatic carbocycles. The van der Waals surface area contributed by atoms with Gasteiger partial charge in [0.25, 0.3) is 11.6 Å². The minimum atomic E-state index is -0.486. The van der Waals surface area contributed by atoms with Gasteiger partial charge in [-0.3, -0.25) is 14.9 Å². The van der Waals surface area contributed by atoms with Crippen molar-refractivity contribution in [2.75, 3.05) is 18.4 Å². The van der Waals surface area contributed by atoms with Gasteiger partial charge >= 0.3 is 0 Å². The number of nitro groups is 1. The highest BCUT2D eigenvalue weighted by atomic mass is 35.5. The maximum atomic E-state index is 12.3. The highest BCUT2D eigenvalue weighted by Crippen LogP contribution is 2.28. The van der Waals surface area contributed by atoms with Crippen molar-refractivity contribution < 1.29 is 9.72 Å². The van der Waals surface area contributed by atoms with Crippen molar-refractivity contribution >= 4 is 35.4 Å². The zero-order chi connectivity index (χ0) is 17.6. The van der Waals surface area contributed by atoms with E-state index in [1.54, 1.807) is 12.1 Å². The van der Waals surface area contributed by atoms with Crippen LogP contribution in [0.5, 0.6) is 0 Å². The number of hydrogen-bond acceptors (Lipinski definition) is 5. The molecule has 0 bridgehead atoms. The quantitative estimate of drug-likeness (QED) is 0.531. The molecule has 7 nitrogen and oxygen atoms in total. The Morgan fingerprint density at radius 2 is 2.00 bits per heavy atom. The SMILES string of the molecule is Cl.O=C(NCC1CCCN1)c1ccc(Nc2ccccc2)c([N+](=O)[O-])c1. The molecule has 1 fully saturated rings. The van der Waals surface area contributed by atoms with E-state index < -0.39 is 4.92 Å². The zero-order valence-corrected chi connectivity index (χ0v) is 14.9. The minimum Gasteiger partial charge on any atom is -0.350 e. The van der Waals surface area contributed by atoms with E-state index in [-0.39, 0.29) is 35.6 Å². The van der Waals surface area contributed by atoms with Crippen molar-refractivity contribution in [2.45, 2.75) is 18.9 Å². The average molecular weight is 377 g/mol. The Morgan fingerprint density at radius 1 is 1.23 bits per heavy atom. The van der Waals surface area contributed by atoms with E-state index in [1.165, 1.54) is 6.07 Å². The summed E-state index contributed by atoms with van der Waals surface area (Å²) in [7, 11) is 0. The Morgan fingerprint density at radius 3 is 2.65 bits per heavy atom. The number of rotatable bonds is 6. The van der Waals surface area contributed by atoms with Gasteiger partial charge in [-0.05, 0) is 43.7 Å². The fourth-order valence-electron chi connectivity index (χ4n) is 2.86. The number of carbonyl (C=O) groups excluding carboxylic acids is 1. The predicted molar refractivity (Wildman–Crippen MR) is 103 cm³/mol. The van der Waals surface area contributed by atoms with Gasteiger partial charge in [0.05, 0.1) is 4.92 Å². The first kappa shape index (κ1) is 19.7. The maximum Gasteiger partial charge on any atom is 0.293 e. The van der Waals surface area contributed by atoms with Crippen molar-refractivity contribution in [2.24, 2.45) is 0 Å². The van der Waals surface area contributed by atoms with Crippen LogP contribution in [0.15, 0.2) is 48.5 Å². The first-order valence-corrected chi connectivity index (χ1v) is 8.25. The molecule has 0 spiro atoms. The summed E-state index contributed by atoms with van der Waals surface area (Å²) in [5.74, 6) is -0.303. The smallest absolute Gasteiger partial charge is 0.293 e. The molecule has 1 unspecified atom stereocenters. The fourth-order valence-corrected chi connectivity index (χ4v) is 2.86. The lowest BCUT2D eigenvalue weighted by Crippen LogP contribution is -2.37. The molecule has 1 aliphatic heterocycles. The molecule has 1 aliphatic rings. The van der Waals surface area contributed by atoms with Crippen LogP contribution in [-0.4, -0.2) is 30.0 Å². The number of amides is 1. The normalized spacial score (nSPS) is 15.8. The molecule has 0 radical (unpaired) electrons. The van der Waals surface area contributed by atoms with E-state index in [9.17, 15) is 14.9 Å².